The highest BCUT2D eigenvalue weighted by molar-refractivity contribution is 5.83. The number of hydrogen-bond acceptors (Lipinski definition) is 2. The van der Waals surface area contributed by atoms with Crippen molar-refractivity contribution in [2.75, 3.05) is 13.1 Å². The summed E-state index contributed by atoms with van der Waals surface area (Å²) in [7, 11) is 0. The van der Waals surface area contributed by atoms with Gasteiger partial charge in [-0.05, 0) is 44.6 Å². The van der Waals surface area contributed by atoms with Gasteiger partial charge in [0.2, 0.25) is 5.91 Å². The second-order valence-electron chi connectivity index (χ2n) is 5.36. The fourth-order valence-electron chi connectivity index (χ4n) is 3.16. The van der Waals surface area contributed by atoms with Crippen LogP contribution in [-0.2, 0) is 4.79 Å². The minimum atomic E-state index is 0.0923. The van der Waals surface area contributed by atoms with Crippen LogP contribution >= 0.6 is 0 Å². The van der Waals surface area contributed by atoms with Gasteiger partial charge in [-0.25, -0.2) is 0 Å². The molecule has 0 aromatic carbocycles. The first-order chi connectivity index (χ1) is 7.72. The Balaban J connectivity index is 1.96. The Morgan fingerprint density at radius 2 is 2.19 bits per heavy atom. The SMILES string of the molecule is CCNC1CCCN(C2CCC(C)C2)C1=O. The lowest BCUT2D eigenvalue weighted by Crippen LogP contribution is -2.53. The van der Waals surface area contributed by atoms with Crippen LogP contribution in [0, 0.1) is 5.92 Å². The van der Waals surface area contributed by atoms with Crippen molar-refractivity contribution in [2.24, 2.45) is 5.92 Å². The minimum absolute atomic E-state index is 0.0923. The number of carbonyl (C=O) groups is 1. The van der Waals surface area contributed by atoms with Gasteiger partial charge >= 0.3 is 0 Å². The lowest BCUT2D eigenvalue weighted by Gasteiger charge is -2.36. The quantitative estimate of drug-likeness (QED) is 0.792. The molecule has 0 aromatic heterocycles. The molecule has 1 saturated heterocycles. The summed E-state index contributed by atoms with van der Waals surface area (Å²) in [5.74, 6) is 1.16. The zero-order valence-corrected chi connectivity index (χ0v) is 10.5. The van der Waals surface area contributed by atoms with Crippen LogP contribution < -0.4 is 5.32 Å². The molecule has 2 fully saturated rings. The fraction of sp³-hybridized carbons (Fsp3) is 0.923. The van der Waals surface area contributed by atoms with Gasteiger partial charge in [0, 0.05) is 12.6 Å². The molecule has 92 valence electrons. The maximum absolute atomic E-state index is 12.3. The van der Waals surface area contributed by atoms with Crippen molar-refractivity contribution >= 4 is 5.91 Å². The predicted molar refractivity (Wildman–Crippen MR) is 65.2 cm³/mol. The van der Waals surface area contributed by atoms with Gasteiger partial charge in [-0.2, -0.15) is 0 Å². The third kappa shape index (κ3) is 2.40. The van der Waals surface area contributed by atoms with Crippen LogP contribution in [0.2, 0.25) is 0 Å². The average Bonchev–Trinajstić information content (AvgIpc) is 2.68. The number of nitrogens with one attached hydrogen (secondary N) is 1. The lowest BCUT2D eigenvalue weighted by atomic mass is 10.0. The summed E-state index contributed by atoms with van der Waals surface area (Å²) in [5, 5.41) is 3.31. The van der Waals surface area contributed by atoms with Crippen molar-refractivity contribution in [1.29, 1.82) is 0 Å². The molecule has 1 aliphatic carbocycles. The Labute approximate surface area is 98.6 Å². The summed E-state index contributed by atoms with van der Waals surface area (Å²) >= 11 is 0. The Hall–Kier alpha value is -0.570. The van der Waals surface area contributed by atoms with E-state index in [9.17, 15) is 4.79 Å². The molecule has 1 N–H and O–H groups in total. The highest BCUT2D eigenvalue weighted by Crippen LogP contribution is 2.30. The molecule has 16 heavy (non-hydrogen) atoms. The molecule has 3 unspecified atom stereocenters. The van der Waals surface area contributed by atoms with Crippen molar-refractivity contribution in [1.82, 2.24) is 10.2 Å². The van der Waals surface area contributed by atoms with Gasteiger partial charge in [0.05, 0.1) is 6.04 Å². The second kappa shape index (κ2) is 5.17. The Bertz CT molecular complexity index is 252. The van der Waals surface area contributed by atoms with E-state index < -0.39 is 0 Å². The number of hydrogen-bond donors (Lipinski definition) is 1. The lowest BCUT2D eigenvalue weighted by molar-refractivity contribution is -0.138. The topological polar surface area (TPSA) is 32.3 Å². The number of likely N-dealkylation sites (N-methyl/N-ethyl adjacent to an activating group) is 1. The largest absolute Gasteiger partial charge is 0.338 e. The van der Waals surface area contributed by atoms with Crippen LogP contribution in [0.25, 0.3) is 0 Å². The molecule has 3 atom stereocenters. The first kappa shape index (κ1) is 11.9. The van der Waals surface area contributed by atoms with Crippen molar-refractivity contribution in [3.63, 3.8) is 0 Å². The van der Waals surface area contributed by atoms with E-state index in [1.165, 1.54) is 19.3 Å². The van der Waals surface area contributed by atoms with Crippen LogP contribution in [0.15, 0.2) is 0 Å². The number of nitrogens with zero attached hydrogens (tertiary/aromatic N) is 1. The molecule has 0 radical (unpaired) electrons. The van der Waals surface area contributed by atoms with Gasteiger partial charge in [-0.3, -0.25) is 4.79 Å². The monoisotopic (exact) mass is 224 g/mol. The molecule has 1 amide bonds. The zero-order chi connectivity index (χ0) is 11.5. The van der Waals surface area contributed by atoms with Crippen molar-refractivity contribution in [2.45, 2.75) is 58.0 Å². The summed E-state index contributed by atoms with van der Waals surface area (Å²) in [6.45, 7) is 6.25. The molecule has 1 saturated carbocycles. The normalized spacial score (nSPS) is 35.8. The number of carbonyl (C=O) groups excluding carboxylic acids is 1. The van der Waals surface area contributed by atoms with E-state index in [1.54, 1.807) is 0 Å². The minimum Gasteiger partial charge on any atom is -0.338 e. The van der Waals surface area contributed by atoms with Crippen LogP contribution in [0.5, 0.6) is 0 Å². The van der Waals surface area contributed by atoms with Gasteiger partial charge < -0.3 is 10.2 Å². The Morgan fingerprint density at radius 1 is 1.38 bits per heavy atom. The molecule has 1 heterocycles. The average molecular weight is 224 g/mol. The zero-order valence-electron chi connectivity index (χ0n) is 10.5. The number of amides is 1. The molecule has 3 nitrogen and oxygen atoms in total. The standard InChI is InChI=1S/C13H24N2O/c1-3-14-12-5-4-8-15(13(12)16)11-7-6-10(2)9-11/h10-12,14H,3-9H2,1-2H3. The van der Waals surface area contributed by atoms with E-state index in [1.807, 2.05) is 0 Å². The van der Waals surface area contributed by atoms with Gasteiger partial charge in [0.1, 0.15) is 0 Å². The molecule has 3 heteroatoms. The van der Waals surface area contributed by atoms with Crippen LogP contribution in [-0.4, -0.2) is 36.0 Å². The first-order valence-electron chi connectivity index (χ1n) is 6.76. The third-order valence-corrected chi connectivity index (χ3v) is 4.03. The van der Waals surface area contributed by atoms with Gasteiger partial charge in [-0.1, -0.05) is 13.8 Å². The molecule has 2 rings (SSSR count). The number of rotatable bonds is 3. The van der Waals surface area contributed by atoms with Crippen molar-refractivity contribution < 1.29 is 4.79 Å². The molecular formula is C13H24N2O. The summed E-state index contributed by atoms with van der Waals surface area (Å²) in [6.07, 6.45) is 5.90. The smallest absolute Gasteiger partial charge is 0.239 e. The predicted octanol–water partition coefficient (Wildman–Crippen LogP) is 1.78. The number of likely N-dealkylation sites (tertiary alicyclic amines) is 1. The second-order valence-corrected chi connectivity index (χ2v) is 5.36. The first-order valence-corrected chi connectivity index (χ1v) is 6.76. The van der Waals surface area contributed by atoms with Gasteiger partial charge in [0.25, 0.3) is 0 Å². The van der Waals surface area contributed by atoms with E-state index in [0.717, 1.165) is 31.8 Å². The molecular weight excluding hydrogens is 200 g/mol. The van der Waals surface area contributed by atoms with Crippen molar-refractivity contribution in [3.05, 3.63) is 0 Å². The van der Waals surface area contributed by atoms with Crippen LogP contribution in [0.1, 0.15) is 46.0 Å². The highest BCUT2D eigenvalue weighted by atomic mass is 16.2. The van der Waals surface area contributed by atoms with E-state index in [2.05, 4.69) is 24.1 Å². The maximum atomic E-state index is 12.3. The van der Waals surface area contributed by atoms with E-state index >= 15 is 0 Å². The molecule has 2 aliphatic rings. The van der Waals surface area contributed by atoms with E-state index in [0.29, 0.717) is 11.9 Å². The highest BCUT2D eigenvalue weighted by Gasteiger charge is 2.35. The Morgan fingerprint density at radius 3 is 2.81 bits per heavy atom. The van der Waals surface area contributed by atoms with E-state index in [-0.39, 0.29) is 6.04 Å². The maximum Gasteiger partial charge on any atom is 0.239 e. The Kier molecular flexibility index (Phi) is 3.85. The van der Waals surface area contributed by atoms with E-state index in [4.69, 9.17) is 0 Å². The third-order valence-electron chi connectivity index (χ3n) is 4.03. The summed E-state index contributed by atoms with van der Waals surface area (Å²) in [5.41, 5.74) is 0. The molecule has 0 bridgehead atoms. The van der Waals surface area contributed by atoms with Gasteiger partial charge in [-0.15, -0.1) is 0 Å². The summed E-state index contributed by atoms with van der Waals surface area (Å²) < 4.78 is 0. The van der Waals surface area contributed by atoms with Crippen LogP contribution in [0.3, 0.4) is 0 Å². The number of piperidine rings is 1. The molecule has 0 spiro atoms. The van der Waals surface area contributed by atoms with Crippen molar-refractivity contribution in [3.8, 4) is 0 Å². The summed E-state index contributed by atoms with van der Waals surface area (Å²) in [6, 6.07) is 0.624. The summed E-state index contributed by atoms with van der Waals surface area (Å²) in [4.78, 5) is 14.4. The molecule has 0 aromatic rings. The molecule has 1 aliphatic heterocycles. The van der Waals surface area contributed by atoms with Crippen LogP contribution in [0.4, 0.5) is 0 Å². The fourth-order valence-corrected chi connectivity index (χ4v) is 3.16. The van der Waals surface area contributed by atoms with Gasteiger partial charge in [0.15, 0.2) is 0 Å².